The molecule has 0 aromatic carbocycles. The summed E-state index contributed by atoms with van der Waals surface area (Å²) >= 11 is 0. The Kier molecular flexibility index (Phi) is 9.89. The second-order valence-corrected chi connectivity index (χ2v) is 2.42. The van der Waals surface area contributed by atoms with Crippen LogP contribution in [-0.2, 0) is 4.79 Å². The van der Waals surface area contributed by atoms with E-state index in [1.807, 2.05) is 0 Å². The van der Waals surface area contributed by atoms with Crippen LogP contribution >= 0.6 is 0 Å². The molecule has 92 valence electrons. The van der Waals surface area contributed by atoms with Gasteiger partial charge in [0.05, 0.1) is 0 Å². The van der Waals surface area contributed by atoms with Crippen LogP contribution in [0, 0.1) is 0 Å². The molecule has 3 nitrogen and oxygen atoms in total. The number of ketones is 1. The second kappa shape index (κ2) is 7.85. The van der Waals surface area contributed by atoms with Crippen molar-refractivity contribution in [2.75, 3.05) is 0 Å². The van der Waals surface area contributed by atoms with Crippen molar-refractivity contribution >= 4 is 5.78 Å². The third-order valence-corrected chi connectivity index (χ3v) is 1.11. The zero-order valence-corrected chi connectivity index (χ0v) is 9.15. The molecule has 0 N–H and O–H groups in total. The minimum atomic E-state index is -5.37. The fraction of sp³-hybridized carbons (Fsp3) is 0.286. The van der Waals surface area contributed by atoms with E-state index in [1.165, 1.54) is 0 Å². The van der Waals surface area contributed by atoms with Gasteiger partial charge in [0.15, 0.2) is 0 Å². The average molecular weight is 262 g/mol. The van der Waals surface area contributed by atoms with Crippen LogP contribution in [0.5, 0.6) is 0 Å². The van der Waals surface area contributed by atoms with Crippen molar-refractivity contribution in [3.8, 4) is 0 Å². The number of allylic oxidation sites excluding steroid dienone is 3. The summed E-state index contributed by atoms with van der Waals surface area (Å²) in [6.45, 7) is 0. The van der Waals surface area contributed by atoms with Crippen LogP contribution in [-0.4, -0.2) is 18.1 Å². The number of alkyl halides is 6. The van der Waals surface area contributed by atoms with Crippen molar-refractivity contribution in [1.29, 1.82) is 0 Å². The standard InChI is InChI=1S/C7H4F6O3.2Li/c8-6(9,10)4(15)1-3(14)2-5(16)7(11,12)13;;/h1-2,14-15H;;/q;2*+1/p-2/b3-2?,4-1-;;. The molecule has 0 amide bonds. The van der Waals surface area contributed by atoms with Gasteiger partial charge in [-0.3, -0.25) is 4.79 Å². The molecule has 18 heavy (non-hydrogen) atoms. The van der Waals surface area contributed by atoms with Gasteiger partial charge >= 0.3 is 50.1 Å². The fourth-order valence-corrected chi connectivity index (χ4v) is 0.464. The molecule has 0 bridgehead atoms. The molecule has 0 aliphatic carbocycles. The van der Waals surface area contributed by atoms with Gasteiger partial charge in [0.1, 0.15) is 0 Å². The predicted molar refractivity (Wildman–Crippen MR) is 33.3 cm³/mol. The molecular formula is C7H2F6Li2O3. The third-order valence-electron chi connectivity index (χ3n) is 1.11. The van der Waals surface area contributed by atoms with E-state index in [1.54, 1.807) is 0 Å². The van der Waals surface area contributed by atoms with Crippen LogP contribution in [0.15, 0.2) is 23.7 Å². The average Bonchev–Trinajstić information content (AvgIpc) is 1.99. The Hall–Kier alpha value is -0.475. The van der Waals surface area contributed by atoms with Gasteiger partial charge in [-0.2, -0.15) is 26.3 Å². The molecule has 0 aliphatic rings. The van der Waals surface area contributed by atoms with E-state index in [4.69, 9.17) is 0 Å². The normalized spacial score (nSPS) is 13.4. The SMILES string of the molecule is O=C(C=C([O-])/C=C(\[O-])C(F)(F)F)C(F)(F)F.[Li+].[Li+]. The summed E-state index contributed by atoms with van der Waals surface area (Å²) in [5.41, 5.74) is 0. The number of carbonyl (C=O) groups is 1. The number of hydrogen-bond acceptors (Lipinski definition) is 3. The van der Waals surface area contributed by atoms with Crippen molar-refractivity contribution in [1.82, 2.24) is 0 Å². The summed E-state index contributed by atoms with van der Waals surface area (Å²) in [4.78, 5) is 10.1. The Morgan fingerprint density at radius 3 is 1.50 bits per heavy atom. The molecular weight excluding hydrogens is 260 g/mol. The fourth-order valence-electron chi connectivity index (χ4n) is 0.464. The minimum Gasteiger partial charge on any atom is -0.872 e. The molecule has 0 unspecified atom stereocenters. The number of carbonyl (C=O) groups excluding carboxylic acids is 1. The van der Waals surface area contributed by atoms with E-state index in [9.17, 15) is 41.4 Å². The van der Waals surface area contributed by atoms with Gasteiger partial charge in [0, 0.05) is 0 Å². The van der Waals surface area contributed by atoms with Crippen molar-refractivity contribution in [2.24, 2.45) is 0 Å². The first-order valence-corrected chi connectivity index (χ1v) is 3.40. The monoisotopic (exact) mass is 262 g/mol. The van der Waals surface area contributed by atoms with E-state index >= 15 is 0 Å². The van der Waals surface area contributed by atoms with Gasteiger partial charge in [-0.1, -0.05) is 6.08 Å². The molecule has 0 aromatic rings. The van der Waals surface area contributed by atoms with Crippen LogP contribution in [0.3, 0.4) is 0 Å². The number of halogens is 6. The van der Waals surface area contributed by atoms with Crippen molar-refractivity contribution in [3.05, 3.63) is 23.7 Å². The molecule has 0 radical (unpaired) electrons. The summed E-state index contributed by atoms with van der Waals surface area (Å²) in [5, 5.41) is 20.5. The third kappa shape index (κ3) is 8.59. The van der Waals surface area contributed by atoms with Crippen LogP contribution in [0.25, 0.3) is 0 Å². The van der Waals surface area contributed by atoms with Crippen molar-refractivity contribution in [3.63, 3.8) is 0 Å². The van der Waals surface area contributed by atoms with Crippen LogP contribution in [0.4, 0.5) is 26.3 Å². The van der Waals surface area contributed by atoms with E-state index in [2.05, 4.69) is 0 Å². The minimum absolute atomic E-state index is 0. The first-order valence-electron chi connectivity index (χ1n) is 3.40. The Morgan fingerprint density at radius 1 is 0.833 bits per heavy atom. The maximum atomic E-state index is 11.5. The summed E-state index contributed by atoms with van der Waals surface area (Å²) in [5.74, 6) is -7.24. The predicted octanol–water partition coefficient (Wildman–Crippen LogP) is -5.82. The number of hydrogen-bond donors (Lipinski definition) is 0. The van der Waals surface area contributed by atoms with Crippen LogP contribution in [0.2, 0.25) is 0 Å². The first kappa shape index (κ1) is 22.7. The quantitative estimate of drug-likeness (QED) is 0.164. The largest absolute Gasteiger partial charge is 1.00 e. The van der Waals surface area contributed by atoms with Crippen LogP contribution < -0.4 is 47.9 Å². The van der Waals surface area contributed by atoms with Gasteiger partial charge in [0.25, 0.3) is 5.78 Å². The maximum Gasteiger partial charge on any atom is 1.00 e. The maximum absolute atomic E-state index is 11.5. The Morgan fingerprint density at radius 2 is 1.22 bits per heavy atom. The first-order chi connectivity index (χ1) is 6.94. The van der Waals surface area contributed by atoms with Gasteiger partial charge in [0.2, 0.25) is 0 Å². The van der Waals surface area contributed by atoms with E-state index in [-0.39, 0.29) is 37.7 Å². The summed E-state index contributed by atoms with van der Waals surface area (Å²) in [7, 11) is 0. The summed E-state index contributed by atoms with van der Waals surface area (Å²) in [6.07, 6.45) is -12.0. The molecule has 0 atom stereocenters. The van der Waals surface area contributed by atoms with E-state index in [0.29, 0.717) is 0 Å². The van der Waals surface area contributed by atoms with Gasteiger partial charge in [-0.15, -0.1) is 5.76 Å². The Balaban J connectivity index is -0.00000112. The van der Waals surface area contributed by atoms with Gasteiger partial charge < -0.3 is 10.2 Å². The zero-order chi connectivity index (χ0) is 13.1. The number of rotatable bonds is 2. The summed E-state index contributed by atoms with van der Waals surface area (Å²) in [6, 6.07) is 0. The Labute approximate surface area is 121 Å². The van der Waals surface area contributed by atoms with Crippen molar-refractivity contribution < 1.29 is 79.1 Å². The second-order valence-electron chi connectivity index (χ2n) is 2.42. The topological polar surface area (TPSA) is 63.2 Å². The van der Waals surface area contributed by atoms with E-state index < -0.39 is 41.8 Å². The molecule has 0 saturated carbocycles. The molecule has 0 aliphatic heterocycles. The molecule has 0 saturated heterocycles. The smallest absolute Gasteiger partial charge is 0.872 e. The Bertz CT molecular complexity index is 344. The van der Waals surface area contributed by atoms with Crippen LogP contribution in [0.1, 0.15) is 0 Å². The van der Waals surface area contributed by atoms with E-state index in [0.717, 1.165) is 0 Å². The summed E-state index contributed by atoms with van der Waals surface area (Å²) < 4.78 is 69.2. The molecule has 0 fully saturated rings. The van der Waals surface area contributed by atoms with Gasteiger partial charge in [-0.05, 0) is 11.8 Å². The van der Waals surface area contributed by atoms with Gasteiger partial charge in [-0.25, -0.2) is 0 Å². The molecule has 0 heterocycles. The molecule has 0 spiro atoms. The van der Waals surface area contributed by atoms with Crippen molar-refractivity contribution in [2.45, 2.75) is 12.4 Å². The zero-order valence-electron chi connectivity index (χ0n) is 9.15. The molecule has 11 heteroatoms. The molecule has 0 rings (SSSR count). The molecule has 0 aromatic heterocycles.